The van der Waals surface area contributed by atoms with Crippen LogP contribution in [0.4, 0.5) is 5.69 Å². The maximum Gasteiger partial charge on any atom is 0.283 e. The first-order valence-corrected chi connectivity index (χ1v) is 8.66. The maximum atomic E-state index is 5.67. The van der Waals surface area contributed by atoms with Crippen LogP contribution < -0.4 is 10.1 Å². The number of furan rings is 1. The number of thiocarbonyl (C=S) groups is 1. The molecule has 136 valence electrons. The highest BCUT2D eigenvalue weighted by molar-refractivity contribution is 7.80. The lowest BCUT2D eigenvalue weighted by atomic mass is 10.3. The van der Waals surface area contributed by atoms with E-state index in [0.717, 1.165) is 24.4 Å². The van der Waals surface area contributed by atoms with Gasteiger partial charge in [0.15, 0.2) is 10.9 Å². The van der Waals surface area contributed by atoms with Crippen molar-refractivity contribution in [3.63, 3.8) is 0 Å². The van der Waals surface area contributed by atoms with E-state index in [9.17, 15) is 0 Å². The second kappa shape index (κ2) is 8.48. The van der Waals surface area contributed by atoms with Crippen LogP contribution in [0.3, 0.4) is 0 Å². The van der Waals surface area contributed by atoms with Crippen molar-refractivity contribution in [2.24, 2.45) is 0 Å². The highest BCUT2D eigenvalue weighted by Gasteiger charge is 2.16. The molecule has 0 amide bonds. The average Bonchev–Trinajstić information content (AvgIpc) is 3.33. The molecule has 2 heterocycles. The second-order valence-electron chi connectivity index (χ2n) is 5.56. The highest BCUT2D eigenvalue weighted by atomic mass is 32.1. The SMILES string of the molecule is CCCN(Cc1nnc(-c2ccco2)o1)C(=S)Nc1ccc(OC)cc1. The molecule has 8 heteroatoms. The van der Waals surface area contributed by atoms with Crippen LogP contribution in [0.1, 0.15) is 19.2 Å². The molecule has 0 unspecified atom stereocenters. The van der Waals surface area contributed by atoms with Crippen molar-refractivity contribution in [2.75, 3.05) is 19.0 Å². The number of ether oxygens (including phenoxy) is 1. The quantitative estimate of drug-likeness (QED) is 0.625. The number of nitrogens with zero attached hydrogens (tertiary/aromatic N) is 3. The Labute approximate surface area is 157 Å². The van der Waals surface area contributed by atoms with Gasteiger partial charge >= 0.3 is 0 Å². The van der Waals surface area contributed by atoms with Gasteiger partial charge in [0.1, 0.15) is 5.75 Å². The van der Waals surface area contributed by atoms with Crippen LogP contribution in [0.25, 0.3) is 11.7 Å². The Hall–Kier alpha value is -2.87. The molecule has 0 aliphatic heterocycles. The standard InChI is InChI=1S/C18H20N4O3S/c1-3-10-22(18(26)19-13-6-8-14(23-2)9-7-13)12-16-20-21-17(25-16)15-5-4-11-24-15/h4-9,11H,3,10,12H2,1-2H3,(H,19,26). The van der Waals surface area contributed by atoms with E-state index in [4.69, 9.17) is 25.8 Å². The monoisotopic (exact) mass is 372 g/mol. The molecule has 0 aliphatic carbocycles. The summed E-state index contributed by atoms with van der Waals surface area (Å²) < 4.78 is 16.1. The molecular formula is C18H20N4O3S. The number of rotatable bonds is 7. The predicted octanol–water partition coefficient (Wildman–Crippen LogP) is 3.95. The van der Waals surface area contributed by atoms with Crippen LogP contribution in [-0.4, -0.2) is 33.9 Å². The second-order valence-corrected chi connectivity index (χ2v) is 5.95. The molecule has 0 spiro atoms. The molecule has 3 aromatic rings. The van der Waals surface area contributed by atoms with Gasteiger partial charge in [-0.25, -0.2) is 0 Å². The van der Waals surface area contributed by atoms with Gasteiger partial charge in [-0.2, -0.15) is 0 Å². The number of hydrogen-bond donors (Lipinski definition) is 1. The zero-order valence-electron chi connectivity index (χ0n) is 14.6. The molecule has 0 atom stereocenters. The fraction of sp³-hybridized carbons (Fsp3) is 0.278. The Morgan fingerprint density at radius 3 is 2.69 bits per heavy atom. The van der Waals surface area contributed by atoms with Gasteiger partial charge in [0.25, 0.3) is 5.89 Å². The van der Waals surface area contributed by atoms with Crippen molar-refractivity contribution in [3.8, 4) is 17.4 Å². The molecule has 0 aliphatic rings. The normalized spacial score (nSPS) is 10.5. The summed E-state index contributed by atoms with van der Waals surface area (Å²) in [7, 11) is 1.64. The lowest BCUT2D eigenvalue weighted by Gasteiger charge is -2.23. The van der Waals surface area contributed by atoms with E-state index < -0.39 is 0 Å². The molecule has 2 aromatic heterocycles. The average molecular weight is 372 g/mol. The van der Waals surface area contributed by atoms with Gasteiger partial charge in [0, 0.05) is 12.2 Å². The number of aromatic nitrogens is 2. The van der Waals surface area contributed by atoms with Crippen molar-refractivity contribution in [2.45, 2.75) is 19.9 Å². The summed E-state index contributed by atoms with van der Waals surface area (Å²) in [4.78, 5) is 1.99. The third-order valence-corrected chi connectivity index (χ3v) is 4.01. The molecule has 0 bridgehead atoms. The third-order valence-electron chi connectivity index (χ3n) is 3.65. The van der Waals surface area contributed by atoms with Gasteiger partial charge in [0.2, 0.25) is 5.89 Å². The fourth-order valence-corrected chi connectivity index (χ4v) is 2.65. The molecule has 3 rings (SSSR count). The molecular weight excluding hydrogens is 352 g/mol. The summed E-state index contributed by atoms with van der Waals surface area (Å²) in [5.41, 5.74) is 0.888. The lowest BCUT2D eigenvalue weighted by molar-refractivity contribution is 0.357. The number of benzene rings is 1. The summed E-state index contributed by atoms with van der Waals surface area (Å²) in [5.74, 6) is 2.17. The van der Waals surface area contributed by atoms with Gasteiger partial charge in [-0.15, -0.1) is 10.2 Å². The minimum atomic E-state index is 0.357. The van der Waals surface area contributed by atoms with Gasteiger partial charge in [0.05, 0.1) is 19.9 Å². The lowest BCUT2D eigenvalue weighted by Crippen LogP contribution is -2.35. The molecule has 1 aromatic carbocycles. The van der Waals surface area contributed by atoms with Crippen LogP contribution in [0.5, 0.6) is 5.75 Å². The third kappa shape index (κ3) is 4.40. The van der Waals surface area contributed by atoms with E-state index in [0.29, 0.717) is 29.2 Å². The Morgan fingerprint density at radius 1 is 1.23 bits per heavy atom. The van der Waals surface area contributed by atoms with Crippen LogP contribution in [0, 0.1) is 0 Å². The summed E-state index contributed by atoms with van der Waals surface area (Å²) >= 11 is 5.54. The maximum absolute atomic E-state index is 5.67. The zero-order valence-corrected chi connectivity index (χ0v) is 15.5. The van der Waals surface area contributed by atoms with Crippen LogP contribution in [0.2, 0.25) is 0 Å². The van der Waals surface area contributed by atoms with E-state index in [1.54, 1.807) is 25.5 Å². The molecule has 0 saturated heterocycles. The fourth-order valence-electron chi connectivity index (χ4n) is 2.38. The first kappa shape index (κ1) is 17.9. The van der Waals surface area contributed by atoms with Gasteiger partial charge in [-0.05, 0) is 55.0 Å². The van der Waals surface area contributed by atoms with Crippen molar-refractivity contribution in [1.82, 2.24) is 15.1 Å². The first-order valence-electron chi connectivity index (χ1n) is 8.26. The number of nitrogens with one attached hydrogen (secondary N) is 1. The van der Waals surface area contributed by atoms with E-state index in [1.165, 1.54) is 0 Å². The minimum Gasteiger partial charge on any atom is -0.497 e. The number of methoxy groups -OCH3 is 1. The van der Waals surface area contributed by atoms with Gasteiger partial charge < -0.3 is 23.8 Å². The molecule has 1 N–H and O–H groups in total. The van der Waals surface area contributed by atoms with Crippen molar-refractivity contribution >= 4 is 23.0 Å². The predicted molar refractivity (Wildman–Crippen MR) is 102 cm³/mol. The highest BCUT2D eigenvalue weighted by Crippen LogP contribution is 2.19. The van der Waals surface area contributed by atoms with E-state index in [-0.39, 0.29) is 0 Å². The Bertz CT molecular complexity index is 831. The summed E-state index contributed by atoms with van der Waals surface area (Å²) in [6, 6.07) is 11.1. The number of hydrogen-bond acceptors (Lipinski definition) is 6. The first-order chi connectivity index (χ1) is 12.7. The zero-order chi connectivity index (χ0) is 18.4. The topological polar surface area (TPSA) is 76.6 Å². The summed E-state index contributed by atoms with van der Waals surface area (Å²) in [6.07, 6.45) is 2.50. The number of anilines is 1. The smallest absolute Gasteiger partial charge is 0.283 e. The van der Waals surface area contributed by atoms with E-state index >= 15 is 0 Å². The van der Waals surface area contributed by atoms with Gasteiger partial charge in [-0.3, -0.25) is 0 Å². The summed E-state index contributed by atoms with van der Waals surface area (Å²) in [6.45, 7) is 3.27. The Morgan fingerprint density at radius 2 is 2.04 bits per heavy atom. The van der Waals surface area contributed by atoms with Crippen LogP contribution in [-0.2, 0) is 6.54 Å². The molecule has 0 fully saturated rings. The van der Waals surface area contributed by atoms with Crippen LogP contribution in [0.15, 0.2) is 51.5 Å². The molecule has 26 heavy (non-hydrogen) atoms. The van der Waals surface area contributed by atoms with Crippen LogP contribution >= 0.6 is 12.2 Å². The molecule has 7 nitrogen and oxygen atoms in total. The molecule has 0 saturated carbocycles. The Balaban J connectivity index is 1.66. The summed E-state index contributed by atoms with van der Waals surface area (Å²) in [5, 5.41) is 11.9. The molecule has 0 radical (unpaired) electrons. The largest absolute Gasteiger partial charge is 0.497 e. The van der Waals surface area contributed by atoms with Gasteiger partial charge in [-0.1, -0.05) is 6.92 Å². The Kier molecular flexibility index (Phi) is 5.85. The van der Waals surface area contributed by atoms with E-state index in [2.05, 4.69) is 22.4 Å². The minimum absolute atomic E-state index is 0.357. The van der Waals surface area contributed by atoms with Crippen molar-refractivity contribution in [1.29, 1.82) is 0 Å². The van der Waals surface area contributed by atoms with Crippen molar-refractivity contribution in [3.05, 3.63) is 48.6 Å². The van der Waals surface area contributed by atoms with E-state index in [1.807, 2.05) is 29.2 Å². The van der Waals surface area contributed by atoms with Crippen molar-refractivity contribution < 1.29 is 13.6 Å².